The van der Waals surface area contributed by atoms with Crippen LogP contribution in [0.5, 0.6) is 5.75 Å². The van der Waals surface area contributed by atoms with Crippen molar-refractivity contribution in [3.63, 3.8) is 0 Å². The van der Waals surface area contributed by atoms with Crippen molar-refractivity contribution in [1.82, 2.24) is 0 Å². The van der Waals surface area contributed by atoms with Crippen LogP contribution in [0.3, 0.4) is 0 Å². The molecule has 2 aromatic rings. The van der Waals surface area contributed by atoms with Gasteiger partial charge in [0.2, 0.25) is 0 Å². The van der Waals surface area contributed by atoms with Crippen molar-refractivity contribution in [3.05, 3.63) is 64.5 Å². The van der Waals surface area contributed by atoms with E-state index < -0.39 is 6.10 Å². The van der Waals surface area contributed by atoms with Gasteiger partial charge in [-0.2, -0.15) is 0 Å². The number of aliphatic hydroxyl groups is 1. The van der Waals surface area contributed by atoms with Gasteiger partial charge in [0, 0.05) is 0 Å². The molecule has 3 rings (SSSR count). The van der Waals surface area contributed by atoms with Crippen molar-refractivity contribution < 1.29 is 14.2 Å². The molecule has 0 radical (unpaired) electrons. The molecule has 1 N–H and O–H groups in total. The number of rotatable bonds is 3. The fourth-order valence-corrected chi connectivity index (χ4v) is 2.80. The monoisotopic (exact) mass is 286 g/mol. The van der Waals surface area contributed by atoms with Gasteiger partial charge in [-0.05, 0) is 72.7 Å². The third-order valence-corrected chi connectivity index (χ3v) is 4.11. The Morgan fingerprint density at radius 2 is 2.10 bits per heavy atom. The van der Waals surface area contributed by atoms with E-state index in [-0.39, 0.29) is 5.82 Å². The highest BCUT2D eigenvalue weighted by Gasteiger charge is 2.18. The molecule has 2 nitrogen and oxygen atoms in total. The molecule has 1 atom stereocenters. The van der Waals surface area contributed by atoms with Crippen molar-refractivity contribution in [2.24, 2.45) is 0 Å². The first-order valence-corrected chi connectivity index (χ1v) is 7.32. The molecule has 0 saturated carbocycles. The molecule has 0 aliphatic heterocycles. The SMILES string of the molecule is Cc1ccc(F)cc1COc1ccc2c(c1)[C@@H](O)CCC2. The van der Waals surface area contributed by atoms with Crippen molar-refractivity contribution >= 4 is 0 Å². The number of hydrogen-bond donors (Lipinski definition) is 1. The topological polar surface area (TPSA) is 29.5 Å². The van der Waals surface area contributed by atoms with Crippen LogP contribution in [-0.4, -0.2) is 5.11 Å². The molecule has 0 bridgehead atoms. The number of ether oxygens (including phenoxy) is 1. The van der Waals surface area contributed by atoms with Gasteiger partial charge in [-0.3, -0.25) is 0 Å². The Labute approximate surface area is 124 Å². The van der Waals surface area contributed by atoms with Crippen LogP contribution in [0.2, 0.25) is 0 Å². The smallest absolute Gasteiger partial charge is 0.123 e. The van der Waals surface area contributed by atoms with E-state index in [1.54, 1.807) is 6.07 Å². The minimum absolute atomic E-state index is 0.250. The molecule has 1 aliphatic rings. The molecule has 2 aromatic carbocycles. The first kappa shape index (κ1) is 14.1. The summed E-state index contributed by atoms with van der Waals surface area (Å²) in [6, 6.07) is 10.6. The zero-order valence-electron chi connectivity index (χ0n) is 12.1. The fourth-order valence-electron chi connectivity index (χ4n) is 2.80. The van der Waals surface area contributed by atoms with Gasteiger partial charge in [0.15, 0.2) is 0 Å². The van der Waals surface area contributed by atoms with E-state index in [0.717, 1.165) is 41.7 Å². The summed E-state index contributed by atoms with van der Waals surface area (Å²) in [7, 11) is 0. The van der Waals surface area contributed by atoms with E-state index in [1.165, 1.54) is 17.7 Å². The summed E-state index contributed by atoms with van der Waals surface area (Å²) in [5, 5.41) is 10.0. The van der Waals surface area contributed by atoms with E-state index in [1.807, 2.05) is 25.1 Å². The van der Waals surface area contributed by atoms with Crippen LogP contribution in [0.1, 0.15) is 41.2 Å². The lowest BCUT2D eigenvalue weighted by atomic mass is 9.89. The normalized spacial score (nSPS) is 17.4. The Bertz CT molecular complexity index is 652. The van der Waals surface area contributed by atoms with E-state index in [2.05, 4.69) is 0 Å². The molecule has 0 heterocycles. The fraction of sp³-hybridized carbons (Fsp3) is 0.333. The van der Waals surface area contributed by atoms with Gasteiger partial charge in [-0.1, -0.05) is 12.1 Å². The van der Waals surface area contributed by atoms with E-state index in [4.69, 9.17) is 4.74 Å². The van der Waals surface area contributed by atoms with Crippen LogP contribution in [0.25, 0.3) is 0 Å². The second-order valence-corrected chi connectivity index (χ2v) is 5.63. The van der Waals surface area contributed by atoms with Crippen LogP contribution < -0.4 is 4.74 Å². The second-order valence-electron chi connectivity index (χ2n) is 5.63. The molecule has 3 heteroatoms. The zero-order chi connectivity index (χ0) is 14.8. The van der Waals surface area contributed by atoms with Gasteiger partial charge in [-0.25, -0.2) is 4.39 Å². The second kappa shape index (κ2) is 5.86. The maximum Gasteiger partial charge on any atom is 0.123 e. The zero-order valence-corrected chi connectivity index (χ0v) is 12.1. The molecule has 21 heavy (non-hydrogen) atoms. The summed E-state index contributed by atoms with van der Waals surface area (Å²) < 4.78 is 19.0. The summed E-state index contributed by atoms with van der Waals surface area (Å²) in [6.07, 6.45) is 2.44. The lowest BCUT2D eigenvalue weighted by Gasteiger charge is -2.22. The van der Waals surface area contributed by atoms with Crippen LogP contribution >= 0.6 is 0 Å². The standard InChI is InChI=1S/C18H19FO2/c1-12-5-7-15(19)9-14(12)11-21-16-8-6-13-3-2-4-18(20)17(13)10-16/h5-10,18,20H,2-4,11H2,1H3/t18-/m0/s1. The van der Waals surface area contributed by atoms with Crippen LogP contribution in [-0.2, 0) is 13.0 Å². The first-order valence-electron chi connectivity index (χ1n) is 7.32. The highest BCUT2D eigenvalue weighted by molar-refractivity contribution is 5.38. The van der Waals surface area contributed by atoms with Crippen LogP contribution in [0, 0.1) is 12.7 Å². The van der Waals surface area contributed by atoms with Crippen molar-refractivity contribution in [3.8, 4) is 5.75 Å². The third kappa shape index (κ3) is 3.08. The molecule has 0 unspecified atom stereocenters. The molecule has 0 aromatic heterocycles. The predicted molar refractivity (Wildman–Crippen MR) is 79.8 cm³/mol. The molecule has 0 saturated heterocycles. The van der Waals surface area contributed by atoms with Crippen molar-refractivity contribution in [2.75, 3.05) is 0 Å². The maximum absolute atomic E-state index is 13.3. The Balaban J connectivity index is 1.76. The Kier molecular flexibility index (Phi) is 3.93. The molecule has 0 amide bonds. The number of halogens is 1. The van der Waals surface area contributed by atoms with Crippen LogP contribution in [0.15, 0.2) is 36.4 Å². The Morgan fingerprint density at radius 1 is 1.24 bits per heavy atom. The average Bonchev–Trinajstić information content (AvgIpc) is 2.49. The molecular weight excluding hydrogens is 267 g/mol. The summed E-state index contributed by atoms with van der Waals surface area (Å²) >= 11 is 0. The molecule has 110 valence electrons. The molecule has 1 aliphatic carbocycles. The van der Waals surface area contributed by atoms with Gasteiger partial charge in [0.1, 0.15) is 18.2 Å². The number of fused-ring (bicyclic) bond motifs is 1. The summed E-state index contributed by atoms with van der Waals surface area (Å²) in [5.74, 6) is 0.471. The summed E-state index contributed by atoms with van der Waals surface area (Å²) in [4.78, 5) is 0. The van der Waals surface area contributed by atoms with Crippen LogP contribution in [0.4, 0.5) is 4.39 Å². The van der Waals surface area contributed by atoms with Crippen molar-refractivity contribution in [2.45, 2.75) is 38.9 Å². The highest BCUT2D eigenvalue weighted by atomic mass is 19.1. The highest BCUT2D eigenvalue weighted by Crippen LogP contribution is 2.32. The maximum atomic E-state index is 13.3. The lowest BCUT2D eigenvalue weighted by molar-refractivity contribution is 0.156. The van der Waals surface area contributed by atoms with E-state index in [9.17, 15) is 9.50 Å². The van der Waals surface area contributed by atoms with Gasteiger partial charge >= 0.3 is 0 Å². The Hall–Kier alpha value is -1.87. The quantitative estimate of drug-likeness (QED) is 0.921. The van der Waals surface area contributed by atoms with Gasteiger partial charge in [-0.15, -0.1) is 0 Å². The first-order chi connectivity index (χ1) is 10.1. The number of aliphatic hydroxyl groups excluding tert-OH is 1. The largest absolute Gasteiger partial charge is 0.489 e. The lowest BCUT2D eigenvalue weighted by Crippen LogP contribution is -2.09. The molecule has 0 fully saturated rings. The number of aryl methyl sites for hydroxylation is 2. The molecule has 0 spiro atoms. The van der Waals surface area contributed by atoms with Gasteiger partial charge in [0.25, 0.3) is 0 Å². The van der Waals surface area contributed by atoms with E-state index >= 15 is 0 Å². The predicted octanol–water partition coefficient (Wildman–Crippen LogP) is 4.08. The number of hydrogen-bond acceptors (Lipinski definition) is 2. The molecular formula is C18H19FO2. The minimum Gasteiger partial charge on any atom is -0.489 e. The average molecular weight is 286 g/mol. The number of benzene rings is 2. The minimum atomic E-state index is -0.395. The third-order valence-electron chi connectivity index (χ3n) is 4.11. The van der Waals surface area contributed by atoms with Gasteiger partial charge < -0.3 is 9.84 Å². The summed E-state index contributed by atoms with van der Waals surface area (Å²) in [6.45, 7) is 2.27. The van der Waals surface area contributed by atoms with Gasteiger partial charge in [0.05, 0.1) is 6.10 Å². The van der Waals surface area contributed by atoms with E-state index in [0.29, 0.717) is 6.61 Å². The Morgan fingerprint density at radius 3 is 2.95 bits per heavy atom. The summed E-state index contributed by atoms with van der Waals surface area (Å²) in [5.41, 5.74) is 4.01. The van der Waals surface area contributed by atoms with Crippen molar-refractivity contribution in [1.29, 1.82) is 0 Å².